The van der Waals surface area contributed by atoms with Gasteiger partial charge >= 0.3 is 0 Å². The summed E-state index contributed by atoms with van der Waals surface area (Å²) in [4.78, 5) is 33.9. The van der Waals surface area contributed by atoms with Gasteiger partial charge in [0.25, 0.3) is 5.56 Å². The lowest BCUT2D eigenvalue weighted by atomic mass is 10.1. The number of hydrogen-bond donors (Lipinski definition) is 2. The number of thiophene rings is 1. The molecule has 29 heavy (non-hydrogen) atoms. The van der Waals surface area contributed by atoms with E-state index in [1.165, 1.54) is 27.1 Å². The van der Waals surface area contributed by atoms with E-state index >= 15 is 0 Å². The van der Waals surface area contributed by atoms with E-state index in [1.807, 2.05) is 38.1 Å². The van der Waals surface area contributed by atoms with Crippen LogP contribution in [0.4, 0.5) is 5.69 Å². The molecule has 1 amide bonds. The molecule has 1 atom stereocenters. The molecule has 1 aliphatic heterocycles. The van der Waals surface area contributed by atoms with Gasteiger partial charge in [-0.1, -0.05) is 29.5 Å². The summed E-state index contributed by atoms with van der Waals surface area (Å²) in [6, 6.07) is 7.70. The van der Waals surface area contributed by atoms with Gasteiger partial charge in [0.05, 0.1) is 29.6 Å². The number of anilines is 1. The number of carbonyl (C=O) groups excluding carboxylic acids is 1. The van der Waals surface area contributed by atoms with Crippen LogP contribution in [0.25, 0.3) is 10.2 Å². The van der Waals surface area contributed by atoms with Gasteiger partial charge in [-0.15, -0.1) is 11.3 Å². The van der Waals surface area contributed by atoms with Crippen molar-refractivity contribution < 1.29 is 9.69 Å². The second-order valence-electron chi connectivity index (χ2n) is 7.46. The zero-order valence-electron chi connectivity index (χ0n) is 16.9. The molecule has 0 saturated carbocycles. The minimum atomic E-state index is -0.105. The van der Waals surface area contributed by atoms with Crippen molar-refractivity contribution in [3.05, 3.63) is 50.6 Å². The molecular formula is C21H25N4O2S2+. The molecule has 2 N–H and O–H groups in total. The van der Waals surface area contributed by atoms with Crippen LogP contribution < -0.4 is 15.8 Å². The Balaban J connectivity index is 1.57. The summed E-state index contributed by atoms with van der Waals surface area (Å²) in [6.45, 7) is 6.49. The Morgan fingerprint density at radius 2 is 2.10 bits per heavy atom. The fraction of sp³-hybridized carbons (Fsp3) is 0.381. The van der Waals surface area contributed by atoms with E-state index in [9.17, 15) is 9.59 Å². The molecule has 0 fully saturated rings. The molecule has 0 radical (unpaired) electrons. The molecule has 4 rings (SSSR count). The standard InChI is InChI=1S/C21H24N4O2S2/c1-4-25-20(27)18-15-9-10-24(3)11-16(15)29-19(18)23-21(25)28-12-17(26)22-14-7-5-13(2)6-8-14/h5-8H,4,9-12H2,1-3H3,(H,22,26)/p+1. The van der Waals surface area contributed by atoms with E-state index < -0.39 is 0 Å². The third-order valence-electron chi connectivity index (χ3n) is 5.21. The SMILES string of the molecule is CCn1c(SCC(=O)Nc2ccc(C)cc2)nc2sc3c(c2c1=O)CC[NH+](C)C3. The van der Waals surface area contributed by atoms with Crippen LogP contribution in [-0.2, 0) is 24.3 Å². The van der Waals surface area contributed by atoms with Gasteiger partial charge < -0.3 is 10.2 Å². The van der Waals surface area contributed by atoms with Gasteiger partial charge in [0.15, 0.2) is 5.16 Å². The molecule has 2 aromatic heterocycles. The fourth-order valence-electron chi connectivity index (χ4n) is 3.63. The lowest BCUT2D eigenvalue weighted by Crippen LogP contribution is -3.08. The minimum Gasteiger partial charge on any atom is -0.333 e. The summed E-state index contributed by atoms with van der Waals surface area (Å²) < 4.78 is 1.70. The van der Waals surface area contributed by atoms with Gasteiger partial charge in [-0.05, 0) is 31.5 Å². The first-order chi connectivity index (χ1) is 14.0. The Morgan fingerprint density at radius 1 is 1.34 bits per heavy atom. The predicted octanol–water partition coefficient (Wildman–Crippen LogP) is 2.09. The quantitative estimate of drug-likeness (QED) is 0.481. The maximum absolute atomic E-state index is 13.2. The first-order valence-corrected chi connectivity index (χ1v) is 11.6. The number of aromatic nitrogens is 2. The van der Waals surface area contributed by atoms with Crippen LogP contribution in [0.15, 0.2) is 34.2 Å². The number of quaternary nitrogens is 1. The van der Waals surface area contributed by atoms with Crippen molar-refractivity contribution in [2.45, 2.75) is 38.5 Å². The highest BCUT2D eigenvalue weighted by Gasteiger charge is 2.25. The van der Waals surface area contributed by atoms with E-state index in [0.717, 1.165) is 41.0 Å². The number of hydrogen-bond acceptors (Lipinski definition) is 5. The lowest BCUT2D eigenvalue weighted by molar-refractivity contribution is -0.895. The Hall–Kier alpha value is -2.16. The van der Waals surface area contributed by atoms with Crippen molar-refractivity contribution in [2.24, 2.45) is 0 Å². The highest BCUT2D eigenvalue weighted by molar-refractivity contribution is 7.99. The summed E-state index contributed by atoms with van der Waals surface area (Å²) in [5, 5.41) is 4.30. The average molecular weight is 430 g/mol. The molecule has 1 aromatic carbocycles. The van der Waals surface area contributed by atoms with Crippen LogP contribution in [0.2, 0.25) is 0 Å². The van der Waals surface area contributed by atoms with Gasteiger partial charge in [-0.3, -0.25) is 14.2 Å². The molecule has 0 spiro atoms. The molecule has 0 bridgehead atoms. The molecule has 0 saturated heterocycles. The molecular weight excluding hydrogens is 404 g/mol. The largest absolute Gasteiger partial charge is 0.333 e. The van der Waals surface area contributed by atoms with Gasteiger partial charge in [-0.25, -0.2) is 4.98 Å². The Kier molecular flexibility index (Phi) is 5.76. The second kappa shape index (κ2) is 8.30. The maximum Gasteiger partial charge on any atom is 0.263 e. The molecule has 152 valence electrons. The number of aryl methyl sites for hydroxylation is 1. The number of rotatable bonds is 5. The summed E-state index contributed by atoms with van der Waals surface area (Å²) >= 11 is 2.95. The molecule has 3 aromatic rings. The average Bonchev–Trinajstić information content (AvgIpc) is 3.05. The topological polar surface area (TPSA) is 68.4 Å². The molecule has 3 heterocycles. The van der Waals surface area contributed by atoms with Crippen LogP contribution in [0, 0.1) is 6.92 Å². The Labute approximate surface area is 177 Å². The van der Waals surface area contributed by atoms with E-state index in [-0.39, 0.29) is 17.2 Å². The molecule has 8 heteroatoms. The van der Waals surface area contributed by atoms with E-state index in [1.54, 1.807) is 15.9 Å². The third kappa shape index (κ3) is 4.10. The summed E-state index contributed by atoms with van der Waals surface area (Å²) in [5.74, 6) is 0.107. The number of carbonyl (C=O) groups is 1. The van der Waals surface area contributed by atoms with Gasteiger partial charge in [0.2, 0.25) is 5.91 Å². The van der Waals surface area contributed by atoms with Gasteiger partial charge in [0, 0.05) is 18.7 Å². The third-order valence-corrected chi connectivity index (χ3v) is 7.31. The lowest BCUT2D eigenvalue weighted by Gasteiger charge is -2.19. The zero-order chi connectivity index (χ0) is 20.5. The van der Waals surface area contributed by atoms with Crippen molar-refractivity contribution >= 4 is 44.9 Å². The van der Waals surface area contributed by atoms with E-state index in [0.29, 0.717) is 11.7 Å². The Bertz CT molecular complexity index is 1120. The number of benzene rings is 1. The number of fused-ring (bicyclic) bond motifs is 3. The van der Waals surface area contributed by atoms with Gasteiger partial charge in [-0.2, -0.15) is 0 Å². The molecule has 6 nitrogen and oxygen atoms in total. The van der Waals surface area contributed by atoms with Crippen molar-refractivity contribution in [3.8, 4) is 0 Å². The highest BCUT2D eigenvalue weighted by atomic mass is 32.2. The van der Waals surface area contributed by atoms with Crippen LogP contribution >= 0.6 is 23.1 Å². The number of nitrogens with one attached hydrogen (secondary N) is 2. The van der Waals surface area contributed by atoms with Crippen molar-refractivity contribution in [2.75, 3.05) is 24.7 Å². The van der Waals surface area contributed by atoms with Crippen molar-refractivity contribution in [1.82, 2.24) is 9.55 Å². The summed E-state index contributed by atoms with van der Waals surface area (Å²) in [7, 11) is 2.18. The van der Waals surface area contributed by atoms with Crippen LogP contribution in [-0.4, -0.2) is 34.8 Å². The summed E-state index contributed by atoms with van der Waals surface area (Å²) in [6.07, 6.45) is 0.924. The smallest absolute Gasteiger partial charge is 0.263 e. The normalized spacial score (nSPS) is 16.0. The van der Waals surface area contributed by atoms with Gasteiger partial charge in [0.1, 0.15) is 11.4 Å². The molecule has 1 unspecified atom stereocenters. The monoisotopic (exact) mass is 429 g/mol. The van der Waals surface area contributed by atoms with Crippen LogP contribution in [0.3, 0.4) is 0 Å². The summed E-state index contributed by atoms with van der Waals surface area (Å²) in [5.41, 5.74) is 3.13. The predicted molar refractivity (Wildman–Crippen MR) is 119 cm³/mol. The van der Waals surface area contributed by atoms with Crippen LogP contribution in [0.1, 0.15) is 22.9 Å². The number of nitrogens with zero attached hydrogens (tertiary/aromatic N) is 2. The second-order valence-corrected chi connectivity index (χ2v) is 9.49. The number of amides is 1. The molecule has 1 aliphatic rings. The van der Waals surface area contributed by atoms with E-state index in [4.69, 9.17) is 4.98 Å². The highest BCUT2D eigenvalue weighted by Crippen LogP contribution is 2.30. The van der Waals surface area contributed by atoms with E-state index in [2.05, 4.69) is 12.4 Å². The minimum absolute atomic E-state index is 0.0241. The number of thioether (sulfide) groups is 1. The fourth-order valence-corrected chi connectivity index (χ4v) is 5.87. The van der Waals surface area contributed by atoms with Crippen molar-refractivity contribution in [3.63, 3.8) is 0 Å². The Morgan fingerprint density at radius 3 is 2.83 bits per heavy atom. The zero-order valence-corrected chi connectivity index (χ0v) is 18.5. The van der Waals surface area contributed by atoms with Crippen molar-refractivity contribution in [1.29, 1.82) is 0 Å². The number of likely N-dealkylation sites (N-methyl/N-ethyl adjacent to an activating group) is 1. The van der Waals surface area contributed by atoms with Crippen LogP contribution in [0.5, 0.6) is 0 Å². The maximum atomic E-state index is 13.2. The first kappa shape index (κ1) is 20.1. The first-order valence-electron chi connectivity index (χ1n) is 9.82. The molecule has 0 aliphatic carbocycles.